The van der Waals surface area contributed by atoms with Gasteiger partial charge < -0.3 is 19.5 Å². The van der Waals surface area contributed by atoms with Gasteiger partial charge in [-0.15, -0.1) is 0 Å². The topological polar surface area (TPSA) is 73.9 Å². The van der Waals surface area contributed by atoms with Crippen LogP contribution in [0, 0.1) is 0 Å². The lowest BCUT2D eigenvalue weighted by atomic mass is 9.71. The number of esters is 1. The van der Waals surface area contributed by atoms with Crippen LogP contribution in [-0.2, 0) is 14.3 Å². The largest absolute Gasteiger partial charge is 0.493 e. The molecule has 1 heterocycles. The standard InChI is InChI=1S/C31H31NO5/c1-5-37-31(34)28-18(2)32-24-15-21(20-13-14-26(35-3)27(17-20)36-4)16-25(33)30(24)29(28)23-12-8-10-19-9-6-7-11-22(19)23/h6-14,17,21,29,32H,5,15-16H2,1-4H3/t21-,29+/m0/s1. The van der Waals surface area contributed by atoms with Crippen molar-refractivity contribution in [2.75, 3.05) is 20.8 Å². The number of fused-ring (bicyclic) bond motifs is 1. The maximum Gasteiger partial charge on any atom is 0.336 e. The van der Waals surface area contributed by atoms with E-state index in [0.717, 1.165) is 33.3 Å². The number of ketones is 1. The average Bonchev–Trinajstić information content (AvgIpc) is 2.91. The Labute approximate surface area is 216 Å². The molecule has 6 heteroatoms. The van der Waals surface area contributed by atoms with Crippen molar-refractivity contribution in [3.05, 3.63) is 94.3 Å². The van der Waals surface area contributed by atoms with Crippen LogP contribution in [0.1, 0.15) is 49.7 Å². The highest BCUT2D eigenvalue weighted by atomic mass is 16.5. The minimum Gasteiger partial charge on any atom is -0.493 e. The number of ether oxygens (including phenoxy) is 3. The van der Waals surface area contributed by atoms with Gasteiger partial charge in [-0.3, -0.25) is 4.79 Å². The number of allylic oxidation sites excluding steroid dienone is 3. The second-order valence-electron chi connectivity index (χ2n) is 9.42. The van der Waals surface area contributed by atoms with Crippen molar-refractivity contribution in [2.24, 2.45) is 0 Å². The summed E-state index contributed by atoms with van der Waals surface area (Å²) in [4.78, 5) is 27.2. The number of carbonyl (C=O) groups is 2. The van der Waals surface area contributed by atoms with E-state index >= 15 is 0 Å². The number of carbonyl (C=O) groups excluding carboxylic acids is 2. The zero-order valence-electron chi connectivity index (χ0n) is 21.6. The van der Waals surface area contributed by atoms with E-state index in [4.69, 9.17) is 14.2 Å². The van der Waals surface area contributed by atoms with Crippen LogP contribution < -0.4 is 14.8 Å². The number of methoxy groups -OCH3 is 2. The minimum atomic E-state index is -0.500. The molecule has 1 aliphatic heterocycles. The molecule has 3 aromatic carbocycles. The first kappa shape index (κ1) is 24.6. The fourth-order valence-corrected chi connectivity index (χ4v) is 5.67. The molecule has 0 saturated heterocycles. The van der Waals surface area contributed by atoms with Crippen molar-refractivity contribution >= 4 is 22.5 Å². The molecular formula is C31H31NO5. The zero-order chi connectivity index (χ0) is 26.1. The molecule has 6 nitrogen and oxygen atoms in total. The van der Waals surface area contributed by atoms with Crippen LogP contribution in [0.25, 0.3) is 10.8 Å². The molecule has 2 aliphatic rings. The van der Waals surface area contributed by atoms with Crippen LogP contribution in [0.3, 0.4) is 0 Å². The summed E-state index contributed by atoms with van der Waals surface area (Å²) < 4.78 is 16.4. The van der Waals surface area contributed by atoms with E-state index < -0.39 is 11.9 Å². The van der Waals surface area contributed by atoms with Crippen molar-refractivity contribution in [2.45, 2.75) is 38.5 Å². The fourth-order valence-electron chi connectivity index (χ4n) is 5.67. The van der Waals surface area contributed by atoms with Crippen molar-refractivity contribution < 1.29 is 23.8 Å². The predicted octanol–water partition coefficient (Wildman–Crippen LogP) is 5.78. The molecule has 3 aromatic rings. The number of rotatable bonds is 6. The summed E-state index contributed by atoms with van der Waals surface area (Å²) >= 11 is 0. The molecular weight excluding hydrogens is 466 g/mol. The molecule has 0 unspecified atom stereocenters. The molecule has 2 atom stereocenters. The zero-order valence-corrected chi connectivity index (χ0v) is 21.6. The second kappa shape index (κ2) is 10.1. The third kappa shape index (κ3) is 4.37. The van der Waals surface area contributed by atoms with Gasteiger partial charge in [0.2, 0.25) is 0 Å². The van der Waals surface area contributed by atoms with Crippen LogP contribution in [0.2, 0.25) is 0 Å². The van der Waals surface area contributed by atoms with E-state index in [1.165, 1.54) is 0 Å². The van der Waals surface area contributed by atoms with Crippen LogP contribution in [0.15, 0.2) is 83.2 Å². The number of dihydropyridines is 1. The summed E-state index contributed by atoms with van der Waals surface area (Å²) in [6.45, 7) is 3.94. The van der Waals surface area contributed by atoms with Crippen LogP contribution in [-0.4, -0.2) is 32.6 Å². The van der Waals surface area contributed by atoms with E-state index in [-0.39, 0.29) is 18.3 Å². The molecule has 190 valence electrons. The van der Waals surface area contributed by atoms with Gasteiger partial charge in [0.25, 0.3) is 0 Å². The maximum absolute atomic E-state index is 13.9. The van der Waals surface area contributed by atoms with Gasteiger partial charge in [0.1, 0.15) is 0 Å². The van der Waals surface area contributed by atoms with Crippen LogP contribution in [0.5, 0.6) is 11.5 Å². The quantitative estimate of drug-likeness (QED) is 0.435. The monoisotopic (exact) mass is 497 g/mol. The number of nitrogens with one attached hydrogen (secondary N) is 1. The molecule has 1 N–H and O–H groups in total. The molecule has 0 spiro atoms. The molecule has 37 heavy (non-hydrogen) atoms. The highest BCUT2D eigenvalue weighted by molar-refractivity contribution is 6.05. The summed E-state index contributed by atoms with van der Waals surface area (Å²) in [5.41, 5.74) is 4.68. The number of benzene rings is 3. The van der Waals surface area contributed by atoms with Crippen molar-refractivity contribution in [1.82, 2.24) is 5.32 Å². The SMILES string of the molecule is CCOC(=O)C1=C(C)NC2=C(C(=O)C[C@@H](c3ccc(OC)c(OC)c3)C2)[C@@H]1c1cccc2ccccc12. The molecule has 0 fully saturated rings. The molecule has 5 rings (SSSR count). The lowest BCUT2D eigenvalue weighted by Gasteiger charge is -2.37. The lowest BCUT2D eigenvalue weighted by Crippen LogP contribution is -2.36. The van der Waals surface area contributed by atoms with Crippen molar-refractivity contribution in [3.8, 4) is 11.5 Å². The molecule has 0 amide bonds. The summed E-state index contributed by atoms with van der Waals surface area (Å²) in [6.07, 6.45) is 0.984. The average molecular weight is 498 g/mol. The van der Waals surface area contributed by atoms with Gasteiger partial charge in [-0.05, 0) is 60.2 Å². The fraction of sp³-hybridized carbons (Fsp3) is 0.290. The predicted molar refractivity (Wildman–Crippen MR) is 143 cm³/mol. The summed E-state index contributed by atoms with van der Waals surface area (Å²) in [7, 11) is 3.21. The first-order valence-electron chi connectivity index (χ1n) is 12.6. The van der Waals surface area contributed by atoms with Crippen LogP contribution in [0.4, 0.5) is 0 Å². The Balaban J connectivity index is 1.63. The Morgan fingerprint density at radius 1 is 0.973 bits per heavy atom. The van der Waals surface area contributed by atoms with E-state index in [9.17, 15) is 9.59 Å². The van der Waals surface area contributed by atoms with Gasteiger partial charge in [0.15, 0.2) is 17.3 Å². The lowest BCUT2D eigenvalue weighted by molar-refractivity contribution is -0.138. The van der Waals surface area contributed by atoms with E-state index in [1.54, 1.807) is 21.1 Å². The van der Waals surface area contributed by atoms with E-state index in [0.29, 0.717) is 35.5 Å². The normalized spacial score (nSPS) is 19.4. The highest BCUT2D eigenvalue weighted by Crippen LogP contribution is 2.47. The molecule has 0 saturated carbocycles. The second-order valence-corrected chi connectivity index (χ2v) is 9.42. The van der Waals surface area contributed by atoms with Gasteiger partial charge in [0, 0.05) is 29.3 Å². The Morgan fingerprint density at radius 2 is 1.73 bits per heavy atom. The van der Waals surface area contributed by atoms with Gasteiger partial charge >= 0.3 is 5.97 Å². The maximum atomic E-state index is 13.9. The van der Waals surface area contributed by atoms with Gasteiger partial charge in [0.05, 0.1) is 26.4 Å². The molecule has 0 radical (unpaired) electrons. The molecule has 1 aliphatic carbocycles. The van der Waals surface area contributed by atoms with Crippen molar-refractivity contribution in [3.63, 3.8) is 0 Å². The molecule has 0 aromatic heterocycles. The van der Waals surface area contributed by atoms with Crippen molar-refractivity contribution in [1.29, 1.82) is 0 Å². The Bertz CT molecular complexity index is 1450. The molecule has 0 bridgehead atoms. The number of Topliss-reactive ketones (excluding diaryl/α,β-unsaturated/α-hetero) is 1. The van der Waals surface area contributed by atoms with Gasteiger partial charge in [-0.25, -0.2) is 4.79 Å². The summed E-state index contributed by atoms with van der Waals surface area (Å²) in [6, 6.07) is 19.9. The van der Waals surface area contributed by atoms with E-state index in [2.05, 4.69) is 5.32 Å². The summed E-state index contributed by atoms with van der Waals surface area (Å²) in [5, 5.41) is 5.50. The number of hydrogen-bond donors (Lipinski definition) is 1. The van der Waals surface area contributed by atoms with E-state index in [1.807, 2.05) is 67.6 Å². The Kier molecular flexibility index (Phi) is 6.74. The summed E-state index contributed by atoms with van der Waals surface area (Å²) in [5.74, 6) is 0.396. The smallest absolute Gasteiger partial charge is 0.336 e. The van der Waals surface area contributed by atoms with Crippen LogP contribution >= 0.6 is 0 Å². The number of hydrogen-bond acceptors (Lipinski definition) is 6. The third-order valence-electron chi connectivity index (χ3n) is 7.34. The Morgan fingerprint density at radius 3 is 2.49 bits per heavy atom. The Hall–Kier alpha value is -4.06. The first-order valence-corrected chi connectivity index (χ1v) is 12.6. The van der Waals surface area contributed by atoms with Gasteiger partial charge in [-0.2, -0.15) is 0 Å². The minimum absolute atomic E-state index is 0.0244. The highest BCUT2D eigenvalue weighted by Gasteiger charge is 2.42. The van der Waals surface area contributed by atoms with Gasteiger partial charge in [-0.1, -0.05) is 48.5 Å². The first-order chi connectivity index (χ1) is 18.0. The third-order valence-corrected chi connectivity index (χ3v) is 7.34.